The summed E-state index contributed by atoms with van der Waals surface area (Å²) in [7, 11) is 1.74. The molecule has 2 unspecified atom stereocenters. The fourth-order valence-electron chi connectivity index (χ4n) is 3.23. The predicted molar refractivity (Wildman–Crippen MR) is 86.9 cm³/mol. The van der Waals surface area contributed by atoms with Crippen LogP contribution in [0.15, 0.2) is 29.3 Å². The fraction of sp³-hybridized carbons (Fsp3) is 0.529. The van der Waals surface area contributed by atoms with Crippen molar-refractivity contribution in [3.05, 3.63) is 35.4 Å². The maximum absolute atomic E-state index is 12.4. The van der Waals surface area contributed by atoms with E-state index in [4.69, 9.17) is 4.74 Å². The average Bonchev–Trinajstić information content (AvgIpc) is 2.77. The largest absolute Gasteiger partial charge is 0.381 e. The summed E-state index contributed by atoms with van der Waals surface area (Å²) in [6.07, 6.45) is 4.79. The smallest absolute Gasteiger partial charge is 0.263 e. The number of carbonyl (C=O) groups is 1. The molecule has 1 saturated carbocycles. The molecular weight excluding hydrogens is 282 g/mol. The van der Waals surface area contributed by atoms with Gasteiger partial charge in [-0.25, -0.2) is 4.99 Å². The van der Waals surface area contributed by atoms with Crippen LogP contribution in [0.5, 0.6) is 0 Å². The Labute approximate surface area is 130 Å². The zero-order valence-corrected chi connectivity index (χ0v) is 13.4. The van der Waals surface area contributed by atoms with Gasteiger partial charge in [-0.2, -0.15) is 0 Å². The number of nitrogens with zero attached hydrogens (tertiary/aromatic N) is 1. The van der Waals surface area contributed by atoms with Crippen molar-refractivity contribution in [2.75, 3.05) is 7.11 Å². The first kappa shape index (κ1) is 14.8. The fourth-order valence-corrected chi connectivity index (χ4v) is 4.69. The molecule has 3 nitrogen and oxygen atoms in total. The third-order valence-corrected chi connectivity index (χ3v) is 5.94. The number of aryl methyl sites for hydroxylation is 1. The molecule has 1 fully saturated rings. The lowest BCUT2D eigenvalue weighted by molar-refractivity contribution is -0.121. The van der Waals surface area contributed by atoms with Crippen LogP contribution in [0.2, 0.25) is 0 Å². The Balaban J connectivity index is 1.74. The lowest BCUT2D eigenvalue weighted by Crippen LogP contribution is -2.39. The highest BCUT2D eigenvalue weighted by Crippen LogP contribution is 2.46. The van der Waals surface area contributed by atoms with Crippen LogP contribution < -0.4 is 0 Å². The molecule has 1 aliphatic carbocycles. The van der Waals surface area contributed by atoms with Crippen LogP contribution in [0.25, 0.3) is 0 Å². The molecule has 4 heteroatoms. The van der Waals surface area contributed by atoms with Crippen molar-refractivity contribution in [3.63, 3.8) is 0 Å². The summed E-state index contributed by atoms with van der Waals surface area (Å²) >= 11 is 1.69. The molecule has 1 aromatic rings. The Bertz CT molecular complexity index is 584. The van der Waals surface area contributed by atoms with Crippen LogP contribution in [0.4, 0.5) is 0 Å². The predicted octanol–water partition coefficient (Wildman–Crippen LogP) is 3.54. The number of methoxy groups -OCH3 is 1. The van der Waals surface area contributed by atoms with Crippen LogP contribution in [0, 0.1) is 6.92 Å². The van der Waals surface area contributed by atoms with Crippen molar-refractivity contribution in [2.24, 2.45) is 4.99 Å². The standard InChI is InChI=1S/C17H21NO2S/c1-12-6-3-4-7-13(12)10-15-18-16(19)17(21-15)9-5-8-14(11-17)20-2/h3-4,6-7,14H,5,8-11H2,1-2H3. The van der Waals surface area contributed by atoms with Crippen molar-refractivity contribution in [1.82, 2.24) is 0 Å². The summed E-state index contributed by atoms with van der Waals surface area (Å²) in [6.45, 7) is 2.11. The van der Waals surface area contributed by atoms with E-state index in [1.54, 1.807) is 18.9 Å². The van der Waals surface area contributed by atoms with Gasteiger partial charge in [-0.15, -0.1) is 0 Å². The molecule has 1 aliphatic heterocycles. The molecule has 2 aliphatic rings. The number of rotatable bonds is 3. The number of carbonyl (C=O) groups excluding carboxylic acids is 1. The minimum Gasteiger partial charge on any atom is -0.381 e. The third-order valence-electron chi connectivity index (χ3n) is 4.53. The van der Waals surface area contributed by atoms with Gasteiger partial charge in [0.1, 0.15) is 4.75 Å². The average molecular weight is 303 g/mol. The highest BCUT2D eigenvalue weighted by atomic mass is 32.2. The molecule has 0 bridgehead atoms. The van der Waals surface area contributed by atoms with Crippen LogP contribution in [-0.4, -0.2) is 28.9 Å². The van der Waals surface area contributed by atoms with Gasteiger partial charge in [0, 0.05) is 13.5 Å². The van der Waals surface area contributed by atoms with Crippen LogP contribution in [-0.2, 0) is 16.0 Å². The van der Waals surface area contributed by atoms with E-state index >= 15 is 0 Å². The van der Waals surface area contributed by atoms with Gasteiger partial charge in [0.15, 0.2) is 0 Å². The summed E-state index contributed by atoms with van der Waals surface area (Å²) in [5, 5.41) is 0.964. The van der Waals surface area contributed by atoms with Crippen molar-refractivity contribution >= 4 is 22.7 Å². The number of hydrogen-bond acceptors (Lipinski definition) is 3. The molecule has 1 aromatic carbocycles. The van der Waals surface area contributed by atoms with Gasteiger partial charge in [-0.1, -0.05) is 36.0 Å². The van der Waals surface area contributed by atoms with Crippen LogP contribution in [0.1, 0.15) is 36.8 Å². The Morgan fingerprint density at radius 3 is 3.00 bits per heavy atom. The molecule has 0 aromatic heterocycles. The van der Waals surface area contributed by atoms with Crippen molar-refractivity contribution < 1.29 is 9.53 Å². The van der Waals surface area contributed by atoms with E-state index in [-0.39, 0.29) is 16.8 Å². The summed E-state index contributed by atoms with van der Waals surface area (Å²) < 4.78 is 5.13. The molecule has 0 N–H and O–H groups in total. The monoisotopic (exact) mass is 303 g/mol. The summed E-state index contributed by atoms with van der Waals surface area (Å²) in [6, 6.07) is 8.31. The first-order valence-corrected chi connectivity index (χ1v) is 8.33. The molecule has 3 rings (SSSR count). The Kier molecular flexibility index (Phi) is 4.18. The van der Waals surface area contributed by atoms with E-state index in [9.17, 15) is 4.79 Å². The van der Waals surface area contributed by atoms with E-state index in [0.717, 1.165) is 37.1 Å². The van der Waals surface area contributed by atoms with Crippen molar-refractivity contribution in [2.45, 2.75) is 49.9 Å². The van der Waals surface area contributed by atoms with E-state index < -0.39 is 0 Å². The first-order valence-electron chi connectivity index (χ1n) is 7.51. The Hall–Kier alpha value is -1.13. The molecule has 0 saturated heterocycles. The number of amides is 1. The molecule has 112 valence electrons. The number of benzene rings is 1. The quantitative estimate of drug-likeness (QED) is 0.857. The molecular formula is C17H21NO2S. The van der Waals surface area contributed by atoms with Gasteiger partial charge in [0.05, 0.1) is 11.1 Å². The summed E-state index contributed by atoms with van der Waals surface area (Å²) in [5.74, 6) is 0.0536. The van der Waals surface area contributed by atoms with Gasteiger partial charge in [-0.05, 0) is 43.7 Å². The van der Waals surface area contributed by atoms with Crippen molar-refractivity contribution in [1.29, 1.82) is 0 Å². The zero-order chi connectivity index (χ0) is 14.9. The second kappa shape index (κ2) is 5.93. The summed E-state index contributed by atoms with van der Waals surface area (Å²) in [5.41, 5.74) is 2.51. The molecule has 0 radical (unpaired) electrons. The minimum atomic E-state index is -0.350. The summed E-state index contributed by atoms with van der Waals surface area (Å²) in [4.78, 5) is 16.8. The molecule has 1 amide bonds. The number of hydrogen-bond donors (Lipinski definition) is 0. The second-order valence-corrected chi connectivity index (χ2v) is 7.42. The highest BCUT2D eigenvalue weighted by Gasteiger charge is 2.48. The molecule has 21 heavy (non-hydrogen) atoms. The highest BCUT2D eigenvalue weighted by molar-refractivity contribution is 8.16. The van der Waals surface area contributed by atoms with Gasteiger partial charge in [0.25, 0.3) is 5.91 Å². The topological polar surface area (TPSA) is 38.7 Å². The lowest BCUT2D eigenvalue weighted by Gasteiger charge is -2.34. The zero-order valence-electron chi connectivity index (χ0n) is 12.6. The third kappa shape index (κ3) is 2.92. The van der Waals surface area contributed by atoms with Gasteiger partial charge in [-0.3, -0.25) is 4.79 Å². The van der Waals surface area contributed by atoms with Crippen molar-refractivity contribution in [3.8, 4) is 0 Å². The van der Waals surface area contributed by atoms with Crippen LogP contribution in [0.3, 0.4) is 0 Å². The minimum absolute atomic E-state index is 0.0536. The lowest BCUT2D eigenvalue weighted by atomic mass is 9.86. The first-order chi connectivity index (χ1) is 10.1. The maximum Gasteiger partial charge on any atom is 0.263 e. The maximum atomic E-state index is 12.4. The molecule has 1 spiro atoms. The van der Waals surface area contributed by atoms with E-state index in [1.807, 2.05) is 12.1 Å². The van der Waals surface area contributed by atoms with Gasteiger partial charge >= 0.3 is 0 Å². The van der Waals surface area contributed by atoms with Gasteiger partial charge in [0.2, 0.25) is 0 Å². The number of aliphatic imine (C=N–C) groups is 1. The Morgan fingerprint density at radius 1 is 1.43 bits per heavy atom. The Morgan fingerprint density at radius 2 is 2.24 bits per heavy atom. The normalized spacial score (nSPS) is 29.0. The second-order valence-electron chi connectivity index (χ2n) is 5.96. The van der Waals surface area contributed by atoms with Gasteiger partial charge < -0.3 is 4.74 Å². The number of ether oxygens (including phenoxy) is 1. The SMILES string of the molecule is COC1CCCC2(C1)SC(Cc1ccccc1C)=NC2=O. The molecule has 1 heterocycles. The molecule has 2 atom stereocenters. The van der Waals surface area contributed by atoms with Crippen LogP contribution >= 0.6 is 11.8 Å². The number of thioether (sulfide) groups is 1. The van der Waals surface area contributed by atoms with E-state index in [2.05, 4.69) is 24.0 Å². The van der Waals surface area contributed by atoms with E-state index in [1.165, 1.54) is 11.1 Å². The van der Waals surface area contributed by atoms with E-state index in [0.29, 0.717) is 0 Å².